The lowest BCUT2D eigenvalue weighted by Gasteiger charge is -2.02. The van der Waals surface area contributed by atoms with E-state index in [1.54, 1.807) is 12.1 Å². The number of aryl methyl sites for hydroxylation is 1. The Bertz CT molecular complexity index is 587. The average Bonchev–Trinajstić information content (AvgIpc) is 2.23. The topological polar surface area (TPSA) is 50.4 Å². The number of phenolic OH excluding ortho intramolecular Hbond substituents is 1. The van der Waals surface area contributed by atoms with Crippen molar-refractivity contribution in [1.29, 1.82) is 0 Å². The molecule has 1 heterocycles. The third kappa shape index (κ3) is 1.91. The van der Waals surface area contributed by atoms with Crippen LogP contribution >= 0.6 is 11.6 Å². The summed E-state index contributed by atoms with van der Waals surface area (Å²) < 4.78 is 5.11. The smallest absolute Gasteiger partial charge is 0.339 e. The van der Waals surface area contributed by atoms with E-state index in [2.05, 4.69) is 0 Å². The van der Waals surface area contributed by atoms with Crippen LogP contribution in [0.25, 0.3) is 11.0 Å². The van der Waals surface area contributed by atoms with Crippen LogP contribution in [0.5, 0.6) is 5.75 Å². The zero-order chi connectivity index (χ0) is 11.7. The third-order valence-electron chi connectivity index (χ3n) is 2.39. The van der Waals surface area contributed by atoms with E-state index in [1.807, 2.05) is 6.92 Å². The Kier molecular flexibility index (Phi) is 2.88. The molecule has 16 heavy (non-hydrogen) atoms. The lowest BCUT2D eigenvalue weighted by atomic mass is 10.1. The fraction of sp³-hybridized carbons (Fsp3) is 0.250. The van der Waals surface area contributed by atoms with Crippen LogP contribution in [0.1, 0.15) is 18.9 Å². The first-order chi connectivity index (χ1) is 7.61. The number of rotatable bonds is 2. The van der Waals surface area contributed by atoms with E-state index in [0.717, 1.165) is 11.8 Å². The van der Waals surface area contributed by atoms with E-state index >= 15 is 0 Å². The fourth-order valence-electron chi connectivity index (χ4n) is 1.61. The van der Waals surface area contributed by atoms with Crippen molar-refractivity contribution in [2.75, 3.05) is 0 Å². The molecule has 0 unspecified atom stereocenters. The van der Waals surface area contributed by atoms with Gasteiger partial charge in [-0.1, -0.05) is 24.9 Å². The van der Waals surface area contributed by atoms with Crippen molar-refractivity contribution in [3.8, 4) is 5.75 Å². The number of aromatic hydroxyl groups is 1. The monoisotopic (exact) mass is 238 g/mol. The summed E-state index contributed by atoms with van der Waals surface area (Å²) >= 11 is 5.79. The highest BCUT2D eigenvalue weighted by Gasteiger charge is 2.07. The van der Waals surface area contributed by atoms with E-state index in [1.165, 1.54) is 6.07 Å². The maximum Gasteiger partial charge on any atom is 0.339 e. The molecule has 2 rings (SSSR count). The molecule has 0 bridgehead atoms. The van der Waals surface area contributed by atoms with Crippen molar-refractivity contribution >= 4 is 22.6 Å². The molecule has 0 aliphatic heterocycles. The van der Waals surface area contributed by atoms with E-state index < -0.39 is 0 Å². The number of hydrogen-bond donors (Lipinski definition) is 1. The van der Waals surface area contributed by atoms with Gasteiger partial charge >= 0.3 is 5.63 Å². The van der Waals surface area contributed by atoms with E-state index in [0.29, 0.717) is 17.6 Å². The minimum Gasteiger partial charge on any atom is -0.506 e. The molecule has 1 aromatic carbocycles. The first-order valence-electron chi connectivity index (χ1n) is 5.07. The molecule has 0 radical (unpaired) electrons. The molecule has 3 nitrogen and oxygen atoms in total. The summed E-state index contributed by atoms with van der Waals surface area (Å²) in [6.07, 6.45) is 1.55. The van der Waals surface area contributed by atoms with Gasteiger partial charge in [0.2, 0.25) is 0 Å². The van der Waals surface area contributed by atoms with Crippen LogP contribution in [-0.2, 0) is 6.42 Å². The van der Waals surface area contributed by atoms with E-state index in [9.17, 15) is 9.90 Å². The predicted molar refractivity (Wildman–Crippen MR) is 63.2 cm³/mol. The second-order valence-electron chi connectivity index (χ2n) is 3.65. The van der Waals surface area contributed by atoms with Crippen molar-refractivity contribution < 1.29 is 9.52 Å². The fourth-order valence-corrected chi connectivity index (χ4v) is 1.79. The normalized spacial score (nSPS) is 10.9. The molecule has 4 heteroatoms. The first kappa shape index (κ1) is 11.0. The highest BCUT2D eigenvalue weighted by Crippen LogP contribution is 2.28. The van der Waals surface area contributed by atoms with Gasteiger partial charge in [-0.05, 0) is 18.6 Å². The first-order valence-corrected chi connectivity index (χ1v) is 5.45. The van der Waals surface area contributed by atoms with Crippen molar-refractivity contribution in [2.45, 2.75) is 19.8 Å². The molecule has 0 atom stereocenters. The molecule has 84 valence electrons. The van der Waals surface area contributed by atoms with Crippen LogP contribution < -0.4 is 5.63 Å². The second-order valence-corrected chi connectivity index (χ2v) is 4.06. The van der Waals surface area contributed by atoms with Crippen molar-refractivity contribution in [1.82, 2.24) is 0 Å². The number of halogens is 1. The number of fused-ring (bicyclic) bond motifs is 1. The van der Waals surface area contributed by atoms with Gasteiger partial charge in [0, 0.05) is 17.0 Å². The Labute approximate surface area is 97.3 Å². The summed E-state index contributed by atoms with van der Waals surface area (Å²) in [4.78, 5) is 11.5. The Morgan fingerprint density at radius 3 is 2.81 bits per heavy atom. The summed E-state index contributed by atoms with van der Waals surface area (Å²) in [5, 5.41) is 10.4. The van der Waals surface area contributed by atoms with Gasteiger partial charge < -0.3 is 9.52 Å². The van der Waals surface area contributed by atoms with Crippen molar-refractivity contribution in [3.63, 3.8) is 0 Å². The van der Waals surface area contributed by atoms with E-state index in [4.69, 9.17) is 16.0 Å². The van der Waals surface area contributed by atoms with Gasteiger partial charge in [-0.15, -0.1) is 0 Å². The lowest BCUT2D eigenvalue weighted by Crippen LogP contribution is -2.06. The maximum absolute atomic E-state index is 11.5. The molecule has 0 aliphatic carbocycles. The standard InChI is InChI=1S/C12H11ClO3/c1-2-3-7-4-8-5-9(13)10(14)6-11(8)16-12(7)15/h4-6,14H,2-3H2,1H3. The summed E-state index contributed by atoms with van der Waals surface area (Å²) in [5.74, 6) is -0.0828. The molecular formula is C12H11ClO3. The molecule has 0 saturated heterocycles. The summed E-state index contributed by atoms with van der Waals surface area (Å²) in [7, 11) is 0. The quantitative estimate of drug-likeness (QED) is 0.818. The van der Waals surface area contributed by atoms with Gasteiger partial charge in [0.05, 0.1) is 5.02 Å². The Balaban J connectivity index is 2.70. The maximum atomic E-state index is 11.5. The van der Waals surface area contributed by atoms with Crippen LogP contribution in [-0.4, -0.2) is 5.11 Å². The zero-order valence-electron chi connectivity index (χ0n) is 8.79. The van der Waals surface area contributed by atoms with Gasteiger partial charge in [0.1, 0.15) is 11.3 Å². The molecule has 0 saturated carbocycles. The van der Waals surface area contributed by atoms with Gasteiger partial charge in [0.15, 0.2) is 0 Å². The second kappa shape index (κ2) is 4.18. The largest absolute Gasteiger partial charge is 0.506 e. The molecule has 1 N–H and O–H groups in total. The van der Waals surface area contributed by atoms with Crippen LogP contribution in [0, 0.1) is 0 Å². The number of hydrogen-bond acceptors (Lipinski definition) is 3. The predicted octanol–water partition coefficient (Wildman–Crippen LogP) is 3.10. The van der Waals surface area contributed by atoms with Gasteiger partial charge in [-0.25, -0.2) is 4.79 Å². The van der Waals surface area contributed by atoms with Crippen LogP contribution in [0.15, 0.2) is 27.4 Å². The Hall–Kier alpha value is -1.48. The molecule has 2 aromatic rings. The summed E-state index contributed by atoms with van der Waals surface area (Å²) in [6.45, 7) is 1.99. The summed E-state index contributed by atoms with van der Waals surface area (Å²) in [6, 6.07) is 4.71. The number of benzene rings is 1. The SMILES string of the molecule is CCCc1cc2cc(Cl)c(O)cc2oc1=O. The third-order valence-corrected chi connectivity index (χ3v) is 2.70. The van der Waals surface area contributed by atoms with Gasteiger partial charge in [0.25, 0.3) is 0 Å². The van der Waals surface area contributed by atoms with Gasteiger partial charge in [-0.2, -0.15) is 0 Å². The lowest BCUT2D eigenvalue weighted by molar-refractivity contribution is 0.473. The molecule has 0 spiro atoms. The zero-order valence-corrected chi connectivity index (χ0v) is 9.54. The molecule has 0 fully saturated rings. The van der Waals surface area contributed by atoms with Crippen molar-refractivity contribution in [2.24, 2.45) is 0 Å². The average molecular weight is 239 g/mol. The summed E-state index contributed by atoms with van der Waals surface area (Å²) in [5.41, 5.74) is 0.639. The molecule has 1 aromatic heterocycles. The van der Waals surface area contributed by atoms with Gasteiger partial charge in [-0.3, -0.25) is 0 Å². The number of phenols is 1. The van der Waals surface area contributed by atoms with Crippen LogP contribution in [0.3, 0.4) is 0 Å². The Morgan fingerprint density at radius 1 is 1.38 bits per heavy atom. The Morgan fingerprint density at radius 2 is 2.12 bits per heavy atom. The molecular weight excluding hydrogens is 228 g/mol. The highest BCUT2D eigenvalue weighted by atomic mass is 35.5. The van der Waals surface area contributed by atoms with Crippen molar-refractivity contribution in [3.05, 3.63) is 39.2 Å². The molecule has 0 amide bonds. The molecule has 0 aliphatic rings. The van der Waals surface area contributed by atoms with Crippen LogP contribution in [0.4, 0.5) is 0 Å². The van der Waals surface area contributed by atoms with E-state index in [-0.39, 0.29) is 16.4 Å². The minimum absolute atomic E-state index is 0.0828. The highest BCUT2D eigenvalue weighted by molar-refractivity contribution is 6.32. The minimum atomic E-state index is -0.351. The van der Waals surface area contributed by atoms with Crippen LogP contribution in [0.2, 0.25) is 5.02 Å².